The van der Waals surface area contributed by atoms with E-state index in [9.17, 15) is 10.1 Å². The summed E-state index contributed by atoms with van der Waals surface area (Å²) in [5.74, 6) is -0.259. The number of aromatic nitrogens is 2. The third-order valence-corrected chi connectivity index (χ3v) is 5.29. The molecule has 1 fully saturated rings. The first kappa shape index (κ1) is 17.2. The van der Waals surface area contributed by atoms with E-state index in [1.54, 1.807) is 18.2 Å². The summed E-state index contributed by atoms with van der Waals surface area (Å²) in [6, 6.07) is 7.56. The van der Waals surface area contributed by atoms with Gasteiger partial charge in [0.05, 0.1) is 22.9 Å². The monoisotopic (exact) mass is 360 g/mol. The second-order valence-corrected chi connectivity index (χ2v) is 6.98. The predicted octanol–water partition coefficient (Wildman–Crippen LogP) is 3.17. The lowest BCUT2D eigenvalue weighted by Gasteiger charge is -2.24. The summed E-state index contributed by atoms with van der Waals surface area (Å²) in [5, 5.41) is 23.4. The van der Waals surface area contributed by atoms with Gasteiger partial charge in [0.2, 0.25) is 5.91 Å². The van der Waals surface area contributed by atoms with Crippen molar-refractivity contribution in [3.05, 3.63) is 46.9 Å². The van der Waals surface area contributed by atoms with Gasteiger partial charge in [-0.25, -0.2) is 9.97 Å². The minimum Gasteiger partial charge on any atom is -0.367 e. The van der Waals surface area contributed by atoms with Crippen molar-refractivity contribution in [3.63, 3.8) is 0 Å². The van der Waals surface area contributed by atoms with Crippen LogP contribution in [0.1, 0.15) is 60.4 Å². The van der Waals surface area contributed by atoms with E-state index in [0.717, 1.165) is 12.8 Å². The number of carbonyl (C=O) groups is 1. The summed E-state index contributed by atoms with van der Waals surface area (Å²) in [7, 11) is 0. The molecule has 2 aliphatic rings. The van der Waals surface area contributed by atoms with Crippen molar-refractivity contribution >= 4 is 23.6 Å². The Kier molecular flexibility index (Phi) is 4.55. The number of benzene rings is 1. The van der Waals surface area contributed by atoms with E-state index in [0.29, 0.717) is 39.9 Å². The molecule has 1 atom stereocenters. The van der Waals surface area contributed by atoms with Crippen molar-refractivity contribution in [2.45, 2.75) is 44.1 Å². The highest BCUT2D eigenvalue weighted by Crippen LogP contribution is 2.38. The SMILES string of the molecule is N#Cc1ccc2c(c1)C(c1ncnc(NC3CCCCC3)c1C=N)C(=O)N2. The molecule has 7 nitrogen and oxygen atoms in total. The van der Waals surface area contributed by atoms with Crippen molar-refractivity contribution in [1.82, 2.24) is 9.97 Å². The first-order chi connectivity index (χ1) is 13.2. The fourth-order valence-corrected chi connectivity index (χ4v) is 3.94. The molecule has 0 radical (unpaired) electrons. The zero-order valence-corrected chi connectivity index (χ0v) is 14.8. The number of nitriles is 1. The maximum absolute atomic E-state index is 12.7. The molecule has 1 aromatic heterocycles. The molecule has 0 bridgehead atoms. The quantitative estimate of drug-likeness (QED) is 0.725. The van der Waals surface area contributed by atoms with E-state index < -0.39 is 5.92 Å². The number of fused-ring (bicyclic) bond motifs is 1. The van der Waals surface area contributed by atoms with Gasteiger partial charge >= 0.3 is 0 Å². The number of hydrogen-bond donors (Lipinski definition) is 3. The van der Waals surface area contributed by atoms with Gasteiger partial charge in [0, 0.05) is 17.9 Å². The number of carbonyl (C=O) groups excluding carboxylic acids is 1. The smallest absolute Gasteiger partial charge is 0.238 e. The van der Waals surface area contributed by atoms with Crippen LogP contribution >= 0.6 is 0 Å². The molecule has 1 saturated carbocycles. The normalized spacial score (nSPS) is 19.1. The van der Waals surface area contributed by atoms with Gasteiger partial charge in [-0.05, 0) is 36.6 Å². The van der Waals surface area contributed by atoms with Crippen LogP contribution in [0, 0.1) is 16.7 Å². The molecule has 2 aromatic rings. The molecule has 0 saturated heterocycles. The van der Waals surface area contributed by atoms with E-state index in [1.165, 1.54) is 31.8 Å². The molecule has 136 valence electrons. The second-order valence-electron chi connectivity index (χ2n) is 6.98. The molecule has 3 N–H and O–H groups in total. The van der Waals surface area contributed by atoms with Crippen LogP contribution in [-0.2, 0) is 4.79 Å². The van der Waals surface area contributed by atoms with Crippen LogP contribution in [0.15, 0.2) is 24.5 Å². The van der Waals surface area contributed by atoms with Crippen LogP contribution in [0.2, 0.25) is 0 Å². The number of nitrogens with one attached hydrogen (secondary N) is 3. The van der Waals surface area contributed by atoms with Gasteiger partial charge in [-0.3, -0.25) is 4.79 Å². The lowest BCUT2D eigenvalue weighted by Crippen LogP contribution is -2.25. The maximum atomic E-state index is 12.7. The van der Waals surface area contributed by atoms with Crippen molar-refractivity contribution in [3.8, 4) is 6.07 Å². The summed E-state index contributed by atoms with van der Waals surface area (Å²) >= 11 is 0. The second kappa shape index (κ2) is 7.16. The van der Waals surface area contributed by atoms with Gasteiger partial charge < -0.3 is 16.0 Å². The summed E-state index contributed by atoms with van der Waals surface area (Å²) in [4.78, 5) is 21.3. The molecule has 2 heterocycles. The van der Waals surface area contributed by atoms with Gasteiger partial charge in [-0.1, -0.05) is 19.3 Å². The summed E-state index contributed by atoms with van der Waals surface area (Å²) in [6.45, 7) is 0. The highest BCUT2D eigenvalue weighted by molar-refractivity contribution is 6.06. The first-order valence-electron chi connectivity index (χ1n) is 9.18. The Morgan fingerprint density at radius 1 is 1.26 bits per heavy atom. The topological polar surface area (TPSA) is 115 Å². The molecule has 4 rings (SSSR count). The van der Waals surface area contributed by atoms with E-state index in [4.69, 9.17) is 5.41 Å². The molecule has 7 heteroatoms. The minimum atomic E-state index is -0.653. The molecular formula is C20H20N6O. The Balaban J connectivity index is 1.74. The van der Waals surface area contributed by atoms with E-state index in [2.05, 4.69) is 26.7 Å². The van der Waals surface area contributed by atoms with Crippen molar-refractivity contribution in [1.29, 1.82) is 10.7 Å². The Labute approximate surface area is 157 Å². The van der Waals surface area contributed by atoms with Gasteiger partial charge in [-0.15, -0.1) is 0 Å². The van der Waals surface area contributed by atoms with Crippen molar-refractivity contribution in [2.75, 3.05) is 10.6 Å². The van der Waals surface area contributed by atoms with Gasteiger partial charge in [0.15, 0.2) is 0 Å². The van der Waals surface area contributed by atoms with Crippen LogP contribution in [0.3, 0.4) is 0 Å². The zero-order chi connectivity index (χ0) is 18.8. The number of amides is 1. The van der Waals surface area contributed by atoms with Gasteiger partial charge in [-0.2, -0.15) is 5.26 Å². The summed E-state index contributed by atoms with van der Waals surface area (Å²) in [5.41, 5.74) is 2.90. The lowest BCUT2D eigenvalue weighted by molar-refractivity contribution is -0.116. The molecule has 27 heavy (non-hydrogen) atoms. The molecule has 1 amide bonds. The van der Waals surface area contributed by atoms with E-state index in [1.807, 2.05) is 0 Å². The van der Waals surface area contributed by atoms with Crippen LogP contribution < -0.4 is 10.6 Å². The number of nitrogens with zero attached hydrogens (tertiary/aromatic N) is 3. The molecule has 0 spiro atoms. The average molecular weight is 360 g/mol. The first-order valence-corrected chi connectivity index (χ1v) is 9.18. The van der Waals surface area contributed by atoms with E-state index >= 15 is 0 Å². The van der Waals surface area contributed by atoms with Crippen LogP contribution in [0.25, 0.3) is 0 Å². The van der Waals surface area contributed by atoms with Crippen molar-refractivity contribution < 1.29 is 4.79 Å². The maximum Gasteiger partial charge on any atom is 0.238 e. The molecule has 1 aromatic carbocycles. The Bertz CT molecular complexity index is 942. The Hall–Kier alpha value is -3.27. The zero-order valence-electron chi connectivity index (χ0n) is 14.8. The standard InChI is InChI=1S/C20H20N6O/c21-9-12-6-7-16-14(8-12)17(20(27)26-16)18-15(10-22)19(24-11-23-18)25-13-4-2-1-3-5-13/h6-8,10-11,13,17,22H,1-5H2,(H,26,27)(H,23,24,25). The predicted molar refractivity (Wildman–Crippen MR) is 102 cm³/mol. The third kappa shape index (κ3) is 3.14. The average Bonchev–Trinajstić information content (AvgIpc) is 3.03. The van der Waals surface area contributed by atoms with Crippen LogP contribution in [0.5, 0.6) is 0 Å². The Morgan fingerprint density at radius 2 is 2.07 bits per heavy atom. The highest BCUT2D eigenvalue weighted by atomic mass is 16.2. The van der Waals surface area contributed by atoms with Gasteiger partial charge in [0.25, 0.3) is 0 Å². The Morgan fingerprint density at radius 3 is 2.81 bits per heavy atom. The lowest BCUT2D eigenvalue weighted by atomic mass is 9.92. The molecule has 1 aliphatic heterocycles. The fourth-order valence-electron chi connectivity index (χ4n) is 3.94. The van der Waals surface area contributed by atoms with Crippen LogP contribution in [-0.4, -0.2) is 28.1 Å². The van der Waals surface area contributed by atoms with E-state index in [-0.39, 0.29) is 5.91 Å². The number of anilines is 2. The summed E-state index contributed by atoms with van der Waals surface area (Å²) in [6.07, 6.45) is 8.43. The molecular weight excluding hydrogens is 340 g/mol. The minimum absolute atomic E-state index is 0.203. The number of rotatable bonds is 4. The van der Waals surface area contributed by atoms with Crippen LogP contribution in [0.4, 0.5) is 11.5 Å². The van der Waals surface area contributed by atoms with Crippen molar-refractivity contribution in [2.24, 2.45) is 0 Å². The number of hydrogen-bond acceptors (Lipinski definition) is 6. The fraction of sp³-hybridized carbons (Fsp3) is 0.350. The van der Waals surface area contributed by atoms with Gasteiger partial charge in [0.1, 0.15) is 18.1 Å². The molecule has 1 aliphatic carbocycles. The largest absolute Gasteiger partial charge is 0.367 e. The molecule has 1 unspecified atom stereocenters. The third-order valence-electron chi connectivity index (χ3n) is 5.29. The summed E-state index contributed by atoms with van der Waals surface area (Å²) < 4.78 is 0. The highest BCUT2D eigenvalue weighted by Gasteiger charge is 2.35.